The van der Waals surface area contributed by atoms with E-state index < -0.39 is 0 Å². The Morgan fingerprint density at radius 3 is 2.27 bits per heavy atom. The van der Waals surface area contributed by atoms with Crippen molar-refractivity contribution in [2.45, 2.75) is 20.8 Å². The van der Waals surface area contributed by atoms with Gasteiger partial charge in [0.1, 0.15) is 23.2 Å². The van der Waals surface area contributed by atoms with Gasteiger partial charge in [0.25, 0.3) is 5.91 Å². The third-order valence-corrected chi connectivity index (χ3v) is 3.95. The molecule has 1 amide bonds. The molecule has 1 heterocycles. The second-order valence-corrected chi connectivity index (χ2v) is 6.07. The number of aryl methyl sites for hydroxylation is 3. The van der Waals surface area contributed by atoms with Crippen LogP contribution in [-0.4, -0.2) is 15.9 Å². The van der Waals surface area contributed by atoms with E-state index in [9.17, 15) is 9.18 Å². The SMILES string of the molecule is Cc1nc(Nc2ccc(C)c(C)c2)cc(C(=O)Nc2ccc(F)cc2)n1. The molecular weight excluding hydrogens is 331 g/mol. The summed E-state index contributed by atoms with van der Waals surface area (Å²) >= 11 is 0. The van der Waals surface area contributed by atoms with Crippen molar-refractivity contribution in [1.29, 1.82) is 0 Å². The first kappa shape index (κ1) is 17.5. The van der Waals surface area contributed by atoms with E-state index in [-0.39, 0.29) is 17.4 Å². The smallest absolute Gasteiger partial charge is 0.274 e. The first-order valence-corrected chi connectivity index (χ1v) is 8.17. The molecule has 5 nitrogen and oxygen atoms in total. The van der Waals surface area contributed by atoms with Gasteiger partial charge in [-0.2, -0.15) is 0 Å². The van der Waals surface area contributed by atoms with Crippen molar-refractivity contribution < 1.29 is 9.18 Å². The summed E-state index contributed by atoms with van der Waals surface area (Å²) in [6.07, 6.45) is 0. The van der Waals surface area contributed by atoms with E-state index in [0.717, 1.165) is 11.3 Å². The third-order valence-electron chi connectivity index (χ3n) is 3.95. The summed E-state index contributed by atoms with van der Waals surface area (Å²) in [5.74, 6) is 0.263. The van der Waals surface area contributed by atoms with Gasteiger partial charge in [0, 0.05) is 17.4 Å². The standard InChI is InChI=1S/C20H19FN4O/c1-12-4-7-17(10-13(12)2)24-19-11-18(22-14(3)23-19)20(26)25-16-8-5-15(21)6-9-16/h4-11H,1-3H3,(H,25,26)(H,22,23,24). The monoisotopic (exact) mass is 350 g/mol. The largest absolute Gasteiger partial charge is 0.340 e. The normalized spacial score (nSPS) is 10.5. The van der Waals surface area contributed by atoms with Crippen molar-refractivity contribution in [3.8, 4) is 0 Å². The second kappa shape index (κ2) is 7.31. The summed E-state index contributed by atoms with van der Waals surface area (Å²) in [5.41, 5.74) is 3.98. The minimum absolute atomic E-state index is 0.230. The zero-order chi connectivity index (χ0) is 18.7. The summed E-state index contributed by atoms with van der Waals surface area (Å²) < 4.78 is 13.0. The minimum atomic E-state index is -0.384. The molecule has 0 saturated carbocycles. The molecule has 3 rings (SSSR count). The Labute approximate surface area is 151 Å². The highest BCUT2D eigenvalue weighted by molar-refractivity contribution is 6.03. The lowest BCUT2D eigenvalue weighted by molar-refractivity contribution is 0.102. The fourth-order valence-corrected chi connectivity index (χ4v) is 2.44. The van der Waals surface area contributed by atoms with Crippen LogP contribution in [0, 0.1) is 26.6 Å². The molecule has 6 heteroatoms. The molecule has 0 bridgehead atoms. The van der Waals surface area contributed by atoms with Gasteiger partial charge in [0.05, 0.1) is 0 Å². The van der Waals surface area contributed by atoms with Gasteiger partial charge >= 0.3 is 0 Å². The van der Waals surface area contributed by atoms with Gasteiger partial charge in [-0.25, -0.2) is 14.4 Å². The molecule has 26 heavy (non-hydrogen) atoms. The highest BCUT2D eigenvalue weighted by atomic mass is 19.1. The number of benzene rings is 2. The van der Waals surface area contributed by atoms with Crippen LogP contribution in [0.15, 0.2) is 48.5 Å². The molecule has 0 aliphatic heterocycles. The van der Waals surface area contributed by atoms with E-state index in [1.54, 1.807) is 13.0 Å². The molecule has 0 aliphatic carbocycles. The Morgan fingerprint density at radius 1 is 0.885 bits per heavy atom. The quantitative estimate of drug-likeness (QED) is 0.725. The number of nitrogens with zero attached hydrogens (tertiary/aromatic N) is 2. The zero-order valence-corrected chi connectivity index (χ0v) is 14.8. The molecule has 0 saturated heterocycles. The Kier molecular flexibility index (Phi) is 4.93. The molecule has 0 fully saturated rings. The van der Waals surface area contributed by atoms with Crippen molar-refractivity contribution in [1.82, 2.24) is 9.97 Å². The van der Waals surface area contributed by atoms with E-state index in [2.05, 4.69) is 20.6 Å². The zero-order valence-electron chi connectivity index (χ0n) is 14.8. The highest BCUT2D eigenvalue weighted by Gasteiger charge is 2.11. The number of halogens is 1. The molecule has 1 aromatic heterocycles. The van der Waals surface area contributed by atoms with Crippen molar-refractivity contribution in [3.05, 3.63) is 77.0 Å². The van der Waals surface area contributed by atoms with E-state index in [1.165, 1.54) is 29.8 Å². The maximum atomic E-state index is 13.0. The van der Waals surface area contributed by atoms with E-state index >= 15 is 0 Å². The molecule has 0 atom stereocenters. The molecule has 2 aromatic carbocycles. The van der Waals surface area contributed by atoms with Crippen LogP contribution in [0.3, 0.4) is 0 Å². The van der Waals surface area contributed by atoms with E-state index in [0.29, 0.717) is 17.3 Å². The third kappa shape index (κ3) is 4.22. The van der Waals surface area contributed by atoms with Gasteiger partial charge < -0.3 is 10.6 Å². The van der Waals surface area contributed by atoms with Gasteiger partial charge in [-0.1, -0.05) is 6.07 Å². The van der Waals surface area contributed by atoms with Crippen LogP contribution in [0.25, 0.3) is 0 Å². The number of hydrogen-bond donors (Lipinski definition) is 2. The maximum Gasteiger partial charge on any atom is 0.274 e. The number of nitrogens with one attached hydrogen (secondary N) is 2. The summed E-state index contributed by atoms with van der Waals surface area (Å²) in [4.78, 5) is 20.9. The Bertz CT molecular complexity index is 955. The van der Waals surface area contributed by atoms with Gasteiger partial charge in [-0.05, 0) is 68.3 Å². The second-order valence-electron chi connectivity index (χ2n) is 6.07. The Morgan fingerprint density at radius 2 is 1.58 bits per heavy atom. The molecule has 0 radical (unpaired) electrons. The van der Waals surface area contributed by atoms with Crippen molar-refractivity contribution in [2.75, 3.05) is 10.6 Å². The number of amides is 1. The van der Waals surface area contributed by atoms with Gasteiger partial charge in [0.15, 0.2) is 0 Å². The summed E-state index contributed by atoms with van der Waals surface area (Å²) in [7, 11) is 0. The first-order chi connectivity index (χ1) is 12.4. The highest BCUT2D eigenvalue weighted by Crippen LogP contribution is 2.19. The van der Waals surface area contributed by atoms with Gasteiger partial charge in [0.2, 0.25) is 0 Å². The molecule has 3 aromatic rings. The molecular formula is C20H19FN4O. The Balaban J connectivity index is 1.81. The summed E-state index contributed by atoms with van der Waals surface area (Å²) in [6, 6.07) is 13.1. The van der Waals surface area contributed by atoms with Crippen LogP contribution in [0.4, 0.5) is 21.6 Å². The molecule has 0 unspecified atom stereocenters. The molecule has 2 N–H and O–H groups in total. The van der Waals surface area contributed by atoms with Crippen LogP contribution < -0.4 is 10.6 Å². The molecule has 0 aliphatic rings. The fourth-order valence-electron chi connectivity index (χ4n) is 2.44. The lowest BCUT2D eigenvalue weighted by Crippen LogP contribution is -2.15. The summed E-state index contributed by atoms with van der Waals surface area (Å²) in [6.45, 7) is 5.80. The van der Waals surface area contributed by atoms with Crippen LogP contribution in [-0.2, 0) is 0 Å². The van der Waals surface area contributed by atoms with Crippen molar-refractivity contribution >= 4 is 23.1 Å². The van der Waals surface area contributed by atoms with Gasteiger partial charge in [-0.15, -0.1) is 0 Å². The predicted octanol–water partition coefficient (Wildman–Crippen LogP) is 4.54. The van der Waals surface area contributed by atoms with Gasteiger partial charge in [-0.3, -0.25) is 4.79 Å². The Hall–Kier alpha value is -3.28. The molecule has 132 valence electrons. The van der Waals surface area contributed by atoms with E-state index in [4.69, 9.17) is 0 Å². The summed E-state index contributed by atoms with van der Waals surface area (Å²) in [5, 5.41) is 5.90. The van der Waals surface area contributed by atoms with E-state index in [1.807, 2.05) is 32.0 Å². The fraction of sp³-hybridized carbons (Fsp3) is 0.150. The minimum Gasteiger partial charge on any atom is -0.340 e. The van der Waals surface area contributed by atoms with Crippen LogP contribution >= 0.6 is 0 Å². The maximum absolute atomic E-state index is 13.0. The number of hydrogen-bond acceptors (Lipinski definition) is 4. The van der Waals surface area contributed by atoms with Crippen molar-refractivity contribution in [2.24, 2.45) is 0 Å². The number of aromatic nitrogens is 2. The lowest BCUT2D eigenvalue weighted by atomic mass is 10.1. The topological polar surface area (TPSA) is 66.9 Å². The van der Waals surface area contributed by atoms with Crippen LogP contribution in [0.5, 0.6) is 0 Å². The number of carbonyl (C=O) groups is 1. The van der Waals surface area contributed by atoms with Crippen LogP contribution in [0.2, 0.25) is 0 Å². The van der Waals surface area contributed by atoms with Crippen LogP contribution in [0.1, 0.15) is 27.4 Å². The van der Waals surface area contributed by atoms with Crippen molar-refractivity contribution in [3.63, 3.8) is 0 Å². The number of anilines is 3. The lowest BCUT2D eigenvalue weighted by Gasteiger charge is -2.10. The number of rotatable bonds is 4. The predicted molar refractivity (Wildman–Crippen MR) is 100 cm³/mol. The number of carbonyl (C=O) groups excluding carboxylic acids is 1. The average Bonchev–Trinajstić information content (AvgIpc) is 2.59. The molecule has 0 spiro atoms. The average molecular weight is 350 g/mol. The first-order valence-electron chi connectivity index (χ1n) is 8.17.